The highest BCUT2D eigenvalue weighted by atomic mass is 33.1. The van der Waals surface area contributed by atoms with E-state index in [0.717, 1.165) is 5.75 Å². The van der Waals surface area contributed by atoms with E-state index in [4.69, 9.17) is 11.7 Å². The van der Waals surface area contributed by atoms with E-state index in [2.05, 4.69) is 42.5 Å². The van der Waals surface area contributed by atoms with E-state index in [-0.39, 0.29) is 0 Å². The molecule has 0 saturated carbocycles. The molecule has 0 aliphatic heterocycles. The van der Waals surface area contributed by atoms with Crippen molar-refractivity contribution in [3.8, 4) is 0 Å². The largest absolute Gasteiger partial charge is 0.0769 e. The molecule has 0 aliphatic carbocycles. The van der Waals surface area contributed by atoms with Gasteiger partial charge in [0, 0.05) is 5.75 Å². The first kappa shape index (κ1) is 8.97. The van der Waals surface area contributed by atoms with Crippen LogP contribution in [0.15, 0.2) is 42.5 Å². The molecule has 65 valence electrons. The zero-order valence-corrected chi connectivity index (χ0v) is 8.70. The van der Waals surface area contributed by atoms with Gasteiger partial charge < -0.3 is 0 Å². The maximum atomic E-state index is 4.91. The lowest BCUT2D eigenvalue weighted by Crippen LogP contribution is -1.81. The zero-order chi connectivity index (χ0) is 9.10. The van der Waals surface area contributed by atoms with Gasteiger partial charge in [-0.25, -0.2) is 0 Å². The Morgan fingerprint density at radius 3 is 2.62 bits per heavy atom. The molecule has 0 aliphatic rings. The lowest BCUT2D eigenvalue weighted by atomic mass is 10.1. The van der Waals surface area contributed by atoms with Gasteiger partial charge in [0.25, 0.3) is 0 Å². The molecule has 0 heterocycles. The van der Waals surface area contributed by atoms with Crippen molar-refractivity contribution in [3.05, 3.63) is 48.0 Å². The topological polar surface area (TPSA) is 0 Å². The van der Waals surface area contributed by atoms with E-state index >= 15 is 0 Å². The summed E-state index contributed by atoms with van der Waals surface area (Å²) in [4.78, 5) is 0. The molecule has 0 bridgehead atoms. The van der Waals surface area contributed by atoms with Crippen molar-refractivity contribution < 1.29 is 0 Å². The van der Waals surface area contributed by atoms with Gasteiger partial charge >= 0.3 is 0 Å². The predicted molar refractivity (Wildman–Crippen MR) is 62.8 cm³/mol. The number of rotatable bonds is 2. The second kappa shape index (κ2) is 4.07. The van der Waals surface area contributed by atoms with Crippen LogP contribution in [-0.2, 0) is 5.75 Å². The van der Waals surface area contributed by atoms with Crippen molar-refractivity contribution >= 4 is 33.2 Å². The van der Waals surface area contributed by atoms with Crippen LogP contribution >= 0.6 is 22.5 Å². The summed E-state index contributed by atoms with van der Waals surface area (Å²) >= 11 is 4.91. The van der Waals surface area contributed by atoms with Crippen molar-refractivity contribution in [1.29, 1.82) is 0 Å². The van der Waals surface area contributed by atoms with E-state index in [1.165, 1.54) is 27.1 Å². The first-order valence-corrected chi connectivity index (χ1v) is 6.04. The van der Waals surface area contributed by atoms with Gasteiger partial charge in [0.2, 0.25) is 0 Å². The van der Waals surface area contributed by atoms with Gasteiger partial charge in [-0.15, -0.1) is 0 Å². The molecular formula is C11H9S2. The van der Waals surface area contributed by atoms with E-state index in [1.54, 1.807) is 0 Å². The second-order valence-electron chi connectivity index (χ2n) is 2.90. The Bertz CT molecular complexity index is 404. The standard InChI is InChI=1S/C11H9S2/c12-13-8-10-6-3-5-9-4-1-2-7-11(9)10/h1-7H,8H2. The molecule has 2 aromatic rings. The molecule has 0 unspecified atom stereocenters. The van der Waals surface area contributed by atoms with Crippen LogP contribution in [0.2, 0.25) is 0 Å². The van der Waals surface area contributed by atoms with Crippen LogP contribution in [0.3, 0.4) is 0 Å². The van der Waals surface area contributed by atoms with Crippen LogP contribution in [0.1, 0.15) is 5.56 Å². The van der Waals surface area contributed by atoms with Gasteiger partial charge in [-0.3, -0.25) is 0 Å². The normalized spacial score (nSPS) is 10.5. The third kappa shape index (κ3) is 1.84. The summed E-state index contributed by atoms with van der Waals surface area (Å²) in [5.74, 6) is 0.913. The van der Waals surface area contributed by atoms with Crippen LogP contribution in [0.4, 0.5) is 0 Å². The molecule has 0 saturated heterocycles. The number of hydrogen-bond acceptors (Lipinski definition) is 1. The fourth-order valence-electron chi connectivity index (χ4n) is 1.48. The molecule has 0 fully saturated rings. The molecule has 0 amide bonds. The summed E-state index contributed by atoms with van der Waals surface area (Å²) in [5.41, 5.74) is 1.33. The molecule has 1 radical (unpaired) electrons. The van der Waals surface area contributed by atoms with Crippen LogP contribution in [-0.4, -0.2) is 0 Å². The predicted octanol–water partition coefficient (Wildman–Crippen LogP) is 4.19. The average Bonchev–Trinajstić information content (AvgIpc) is 2.19. The van der Waals surface area contributed by atoms with Gasteiger partial charge in [0.1, 0.15) is 0 Å². The first-order chi connectivity index (χ1) is 6.42. The Labute approximate surface area is 87.2 Å². The highest BCUT2D eigenvalue weighted by molar-refractivity contribution is 8.68. The summed E-state index contributed by atoms with van der Waals surface area (Å²) < 4.78 is 0. The van der Waals surface area contributed by atoms with Gasteiger partial charge in [0.15, 0.2) is 0 Å². The van der Waals surface area contributed by atoms with E-state index < -0.39 is 0 Å². The van der Waals surface area contributed by atoms with Crippen LogP contribution in [0.25, 0.3) is 10.8 Å². The molecule has 0 spiro atoms. The number of fused-ring (bicyclic) bond motifs is 1. The Hall–Kier alpha value is -0.600. The van der Waals surface area contributed by atoms with Crippen LogP contribution < -0.4 is 0 Å². The Morgan fingerprint density at radius 2 is 1.77 bits per heavy atom. The fourth-order valence-corrected chi connectivity index (χ4v) is 2.24. The molecule has 2 heteroatoms. The maximum Gasteiger partial charge on any atom is 0.0303 e. The van der Waals surface area contributed by atoms with Crippen molar-refractivity contribution in [2.45, 2.75) is 5.75 Å². The minimum absolute atomic E-state index is 0.913. The Kier molecular flexibility index (Phi) is 2.81. The monoisotopic (exact) mass is 205 g/mol. The summed E-state index contributed by atoms with van der Waals surface area (Å²) in [6.07, 6.45) is 0. The van der Waals surface area contributed by atoms with Crippen molar-refractivity contribution in [2.24, 2.45) is 0 Å². The zero-order valence-electron chi connectivity index (χ0n) is 7.07. The quantitative estimate of drug-likeness (QED) is 0.663. The van der Waals surface area contributed by atoms with Crippen LogP contribution in [0, 0.1) is 0 Å². The maximum absolute atomic E-state index is 4.91. The highest BCUT2D eigenvalue weighted by Gasteiger charge is 1.98. The third-order valence-corrected chi connectivity index (χ3v) is 2.88. The molecule has 2 aromatic carbocycles. The van der Waals surface area contributed by atoms with Gasteiger partial charge in [-0.1, -0.05) is 53.3 Å². The van der Waals surface area contributed by atoms with Crippen molar-refractivity contribution in [1.82, 2.24) is 0 Å². The lowest BCUT2D eigenvalue weighted by Gasteiger charge is -2.03. The Morgan fingerprint density at radius 1 is 1.00 bits per heavy atom. The van der Waals surface area contributed by atoms with E-state index in [0.29, 0.717) is 0 Å². The molecule has 0 aromatic heterocycles. The highest BCUT2D eigenvalue weighted by Crippen LogP contribution is 2.23. The van der Waals surface area contributed by atoms with E-state index in [1.807, 2.05) is 0 Å². The molecule has 0 nitrogen and oxygen atoms in total. The molecule has 0 atom stereocenters. The SMILES string of the molecule is [S]SCc1cccc2ccccc12. The summed E-state index contributed by atoms with van der Waals surface area (Å²) in [7, 11) is 1.45. The molecule has 0 N–H and O–H groups in total. The van der Waals surface area contributed by atoms with Gasteiger partial charge in [-0.2, -0.15) is 0 Å². The average molecular weight is 205 g/mol. The summed E-state index contributed by atoms with van der Waals surface area (Å²) in [5, 5.41) is 2.62. The minimum atomic E-state index is 0.913. The fraction of sp³-hybridized carbons (Fsp3) is 0.0909. The summed E-state index contributed by atoms with van der Waals surface area (Å²) in [6.45, 7) is 0. The van der Waals surface area contributed by atoms with E-state index in [9.17, 15) is 0 Å². The summed E-state index contributed by atoms with van der Waals surface area (Å²) in [6, 6.07) is 14.8. The van der Waals surface area contributed by atoms with Crippen molar-refractivity contribution in [2.75, 3.05) is 0 Å². The first-order valence-electron chi connectivity index (χ1n) is 4.13. The second-order valence-corrected chi connectivity index (χ2v) is 4.13. The van der Waals surface area contributed by atoms with Crippen molar-refractivity contribution in [3.63, 3.8) is 0 Å². The van der Waals surface area contributed by atoms with Gasteiger partial charge in [-0.05, 0) is 28.0 Å². The number of hydrogen-bond donors (Lipinski definition) is 0. The molecule has 2 rings (SSSR count). The number of benzene rings is 2. The van der Waals surface area contributed by atoms with Crippen LogP contribution in [0.5, 0.6) is 0 Å². The smallest absolute Gasteiger partial charge is 0.0303 e. The lowest BCUT2D eigenvalue weighted by molar-refractivity contribution is 1.48. The van der Waals surface area contributed by atoms with Gasteiger partial charge in [0.05, 0.1) is 0 Å². The third-order valence-electron chi connectivity index (χ3n) is 2.09. The molecular weight excluding hydrogens is 196 g/mol. The Balaban J connectivity index is 2.61. The molecule has 13 heavy (non-hydrogen) atoms. The minimum Gasteiger partial charge on any atom is -0.0769 e.